The van der Waals surface area contributed by atoms with Gasteiger partial charge >= 0.3 is 0 Å². The lowest BCUT2D eigenvalue weighted by atomic mass is 9.96. The molecule has 3 fully saturated rings. The van der Waals surface area contributed by atoms with E-state index >= 15 is 0 Å². The van der Waals surface area contributed by atoms with E-state index < -0.39 is 124 Å². The molecule has 3 aliphatic heterocycles. The van der Waals surface area contributed by atoms with Gasteiger partial charge in [-0.2, -0.15) is 0 Å². The van der Waals surface area contributed by atoms with Crippen LogP contribution in [0.4, 0.5) is 0 Å². The first-order chi connectivity index (χ1) is 49.3. The van der Waals surface area contributed by atoms with Gasteiger partial charge in [0.05, 0.1) is 38.6 Å². The van der Waals surface area contributed by atoms with Crippen LogP contribution >= 0.6 is 0 Å². The van der Waals surface area contributed by atoms with Crippen molar-refractivity contribution in [3.05, 3.63) is 48.6 Å². The van der Waals surface area contributed by atoms with Gasteiger partial charge in [0.15, 0.2) is 18.9 Å². The van der Waals surface area contributed by atoms with Crippen molar-refractivity contribution in [1.29, 1.82) is 0 Å². The number of amides is 1. The Labute approximate surface area is 612 Å². The average molecular weight is 1440 g/mol. The third-order valence-corrected chi connectivity index (χ3v) is 20.7. The Morgan fingerprint density at radius 2 is 0.683 bits per heavy atom. The van der Waals surface area contributed by atoms with E-state index in [1.165, 1.54) is 231 Å². The zero-order valence-electron chi connectivity index (χ0n) is 63.4. The molecule has 0 aliphatic carbocycles. The fourth-order valence-corrected chi connectivity index (χ4v) is 14.1. The minimum absolute atomic E-state index is 0.236. The Morgan fingerprint density at radius 1 is 0.366 bits per heavy atom. The van der Waals surface area contributed by atoms with Gasteiger partial charge in [-0.3, -0.25) is 4.79 Å². The van der Waals surface area contributed by atoms with Gasteiger partial charge in [-0.15, -0.1) is 0 Å². The molecule has 3 aliphatic rings. The molecule has 1 amide bonds. The summed E-state index contributed by atoms with van der Waals surface area (Å²) in [4.78, 5) is 13.5. The zero-order valence-corrected chi connectivity index (χ0v) is 63.4. The van der Waals surface area contributed by atoms with Gasteiger partial charge in [0.2, 0.25) is 5.91 Å². The van der Waals surface area contributed by atoms with E-state index in [2.05, 4.69) is 67.8 Å². The van der Waals surface area contributed by atoms with Crippen LogP contribution < -0.4 is 5.32 Å². The summed E-state index contributed by atoms with van der Waals surface area (Å²) in [5, 5.41) is 121. The van der Waals surface area contributed by atoms with Crippen LogP contribution in [0.15, 0.2) is 48.6 Å². The summed E-state index contributed by atoms with van der Waals surface area (Å²) in [5.41, 5.74) is 0. The van der Waals surface area contributed by atoms with E-state index in [9.17, 15) is 61.0 Å². The van der Waals surface area contributed by atoms with Crippen LogP contribution in [0.5, 0.6) is 0 Å². The summed E-state index contributed by atoms with van der Waals surface area (Å²) in [7, 11) is 0. The fraction of sp³-hybridized carbons (Fsp3) is 0.890. The maximum absolute atomic E-state index is 13.5. The highest BCUT2D eigenvalue weighted by atomic mass is 16.8. The molecule has 12 N–H and O–H groups in total. The quantitative estimate of drug-likeness (QED) is 0.0199. The first kappa shape index (κ1) is 93.0. The highest BCUT2D eigenvalue weighted by Crippen LogP contribution is 2.33. The third kappa shape index (κ3) is 42.8. The Balaban J connectivity index is 1.26. The molecule has 0 saturated carbocycles. The summed E-state index contributed by atoms with van der Waals surface area (Å²) in [6.07, 6.45) is 52.4. The second kappa shape index (κ2) is 62.8. The van der Waals surface area contributed by atoms with Crippen LogP contribution in [0.25, 0.3) is 0 Å². The molecule has 17 atom stereocenters. The number of ether oxygens (including phenoxy) is 6. The van der Waals surface area contributed by atoms with E-state index in [1.807, 2.05) is 0 Å². The molecule has 0 radical (unpaired) electrons. The van der Waals surface area contributed by atoms with Crippen molar-refractivity contribution < 1.29 is 89.4 Å². The number of nitrogens with one attached hydrogen (secondary N) is 1. The maximum atomic E-state index is 13.5. The molecule has 0 aromatic heterocycles. The van der Waals surface area contributed by atoms with Crippen LogP contribution in [-0.2, 0) is 33.2 Å². The minimum Gasteiger partial charge on any atom is -0.394 e. The van der Waals surface area contributed by atoms with Crippen molar-refractivity contribution >= 4 is 5.91 Å². The number of aliphatic hydroxyl groups excluding tert-OH is 11. The molecule has 17 unspecified atom stereocenters. The largest absolute Gasteiger partial charge is 0.394 e. The van der Waals surface area contributed by atoms with Crippen LogP contribution in [0, 0.1) is 0 Å². The molecule has 592 valence electrons. The van der Waals surface area contributed by atoms with E-state index in [1.54, 1.807) is 0 Å². The molecule has 0 aromatic carbocycles. The van der Waals surface area contributed by atoms with Crippen LogP contribution in [-0.4, -0.2) is 193 Å². The number of unbranched alkanes of at least 4 members (excludes halogenated alkanes) is 42. The van der Waals surface area contributed by atoms with Crippen molar-refractivity contribution in [2.75, 3.05) is 26.4 Å². The summed E-state index contributed by atoms with van der Waals surface area (Å²) in [5.74, 6) is -0.236. The Bertz CT molecular complexity index is 2010. The number of allylic oxidation sites excluding steroid dienone is 8. The second-order valence-corrected chi connectivity index (χ2v) is 29.6. The van der Waals surface area contributed by atoms with Crippen molar-refractivity contribution in [3.63, 3.8) is 0 Å². The van der Waals surface area contributed by atoms with E-state index in [-0.39, 0.29) is 18.9 Å². The first-order valence-corrected chi connectivity index (χ1v) is 41.4. The number of aliphatic hydroxyl groups is 11. The lowest BCUT2D eigenvalue weighted by molar-refractivity contribution is -0.379. The zero-order chi connectivity index (χ0) is 73.2. The van der Waals surface area contributed by atoms with E-state index in [0.717, 1.165) is 70.6 Å². The molecular weight excluding hydrogens is 1290 g/mol. The number of hydrogen-bond donors (Lipinski definition) is 12. The number of rotatable bonds is 66. The standard InChI is InChI=1S/C82H151NO18/c1-3-5-7-9-11-13-15-17-19-20-21-22-23-24-25-26-27-28-29-30-31-32-33-34-35-36-37-38-39-40-41-42-43-44-46-48-50-52-54-56-58-60-70(88)83-65(66(87)59-57-55-53-51-49-47-45-18-16-14-12-10-8-6-4-2)64-96-80-76(94)73(91)78(68(62-85)98-80)101-82-77(95)74(92)79(69(63-86)99-82)100-81-75(93)72(90)71(89)67(61-84)97-81/h5,7,11,13,17,19,21-22,65-69,71-82,84-87,89-95H,3-4,6,8-10,12,14-16,18,20,23-64H2,1-2H3,(H,83,88)/b7-5-,13-11-,19-17-,22-21-. The van der Waals surface area contributed by atoms with Gasteiger partial charge in [-0.1, -0.05) is 326 Å². The summed E-state index contributed by atoms with van der Waals surface area (Å²) in [6, 6.07) is -0.885. The molecule has 101 heavy (non-hydrogen) atoms. The second-order valence-electron chi connectivity index (χ2n) is 29.6. The van der Waals surface area contributed by atoms with Crippen LogP contribution in [0.1, 0.15) is 335 Å². The molecule has 0 aromatic rings. The topological polar surface area (TPSA) is 307 Å². The Morgan fingerprint density at radius 3 is 1.07 bits per heavy atom. The molecule has 0 spiro atoms. The average Bonchev–Trinajstić information content (AvgIpc) is 0.782. The van der Waals surface area contributed by atoms with Gasteiger partial charge in [-0.05, 0) is 51.4 Å². The summed E-state index contributed by atoms with van der Waals surface area (Å²) in [6.45, 7) is 1.72. The highest BCUT2D eigenvalue weighted by molar-refractivity contribution is 5.76. The molecule has 3 saturated heterocycles. The minimum atomic E-state index is -1.97. The van der Waals surface area contributed by atoms with Gasteiger partial charge in [0, 0.05) is 6.42 Å². The van der Waals surface area contributed by atoms with Crippen LogP contribution in [0.2, 0.25) is 0 Å². The summed E-state index contributed by atoms with van der Waals surface area (Å²) < 4.78 is 34.5. The number of hydrogen-bond acceptors (Lipinski definition) is 18. The van der Waals surface area contributed by atoms with Crippen molar-refractivity contribution in [2.24, 2.45) is 0 Å². The lowest BCUT2D eigenvalue weighted by Crippen LogP contribution is -2.66. The predicted octanol–water partition coefficient (Wildman–Crippen LogP) is 14.1. The molecule has 19 nitrogen and oxygen atoms in total. The number of carbonyl (C=O) groups excluding carboxylic acids is 1. The predicted molar refractivity (Wildman–Crippen MR) is 402 cm³/mol. The Kier molecular flexibility index (Phi) is 57.8. The molecule has 3 heterocycles. The smallest absolute Gasteiger partial charge is 0.220 e. The molecule has 19 heteroatoms. The lowest BCUT2D eigenvalue weighted by Gasteiger charge is -2.48. The van der Waals surface area contributed by atoms with Crippen molar-refractivity contribution in [2.45, 2.75) is 439 Å². The summed E-state index contributed by atoms with van der Waals surface area (Å²) >= 11 is 0. The van der Waals surface area contributed by atoms with Gasteiger partial charge in [0.25, 0.3) is 0 Å². The highest BCUT2D eigenvalue weighted by Gasteiger charge is 2.54. The van der Waals surface area contributed by atoms with E-state index in [0.29, 0.717) is 12.8 Å². The van der Waals surface area contributed by atoms with Crippen molar-refractivity contribution in [1.82, 2.24) is 5.32 Å². The monoisotopic (exact) mass is 1440 g/mol. The maximum Gasteiger partial charge on any atom is 0.220 e. The van der Waals surface area contributed by atoms with Gasteiger partial charge in [0.1, 0.15) is 73.2 Å². The van der Waals surface area contributed by atoms with Gasteiger partial charge < -0.3 is 89.9 Å². The van der Waals surface area contributed by atoms with Crippen LogP contribution in [0.3, 0.4) is 0 Å². The molecule has 3 rings (SSSR count). The normalized spacial score (nSPS) is 26.5. The number of carbonyl (C=O) groups is 1. The molecule has 0 bridgehead atoms. The molecular formula is C82H151NO18. The first-order valence-electron chi connectivity index (χ1n) is 41.4. The fourth-order valence-electron chi connectivity index (χ4n) is 14.1. The van der Waals surface area contributed by atoms with E-state index in [4.69, 9.17) is 28.4 Å². The van der Waals surface area contributed by atoms with Crippen molar-refractivity contribution in [3.8, 4) is 0 Å². The van der Waals surface area contributed by atoms with Gasteiger partial charge in [-0.25, -0.2) is 0 Å². The SMILES string of the molecule is CC/C=C\C/C=C\C/C=C\C/C=C\CCCCCCCCCCCCCCCCCCCCCCCCCCCCCCC(=O)NC(COC1OC(CO)C(OC2OC(CO)C(OC3OC(CO)C(O)C(O)C3O)C(O)C2O)C(O)C1O)C(O)CCCCCCCCCCCCCCCCC. The Hall–Kier alpha value is -2.25. The third-order valence-electron chi connectivity index (χ3n) is 20.7.